The van der Waals surface area contributed by atoms with Crippen LogP contribution in [0.1, 0.15) is 44.4 Å². The molecule has 1 aliphatic rings. The third-order valence-corrected chi connectivity index (χ3v) is 5.57. The minimum absolute atomic E-state index is 0.0512. The number of aryl methyl sites for hydroxylation is 1. The smallest absolute Gasteiger partial charge is 0.478 e. The molecule has 2 aromatic carbocycles. The van der Waals surface area contributed by atoms with E-state index in [-0.39, 0.29) is 17.5 Å². The number of aliphatic carboxylic acids is 1. The lowest BCUT2D eigenvalue weighted by molar-refractivity contribution is -0.274. The molecule has 0 bridgehead atoms. The maximum atomic E-state index is 13.1. The predicted molar refractivity (Wildman–Crippen MR) is 120 cm³/mol. The predicted octanol–water partition coefficient (Wildman–Crippen LogP) is 5.98. The van der Waals surface area contributed by atoms with Crippen LogP contribution in [0.3, 0.4) is 0 Å². The summed E-state index contributed by atoms with van der Waals surface area (Å²) in [6, 6.07) is 7.43. The second-order valence-electron chi connectivity index (χ2n) is 9.10. The van der Waals surface area contributed by atoms with Gasteiger partial charge in [-0.1, -0.05) is 26.0 Å². The van der Waals surface area contributed by atoms with Gasteiger partial charge in [0.1, 0.15) is 5.75 Å². The quantitative estimate of drug-likeness (QED) is 0.556. The van der Waals surface area contributed by atoms with E-state index < -0.39 is 23.5 Å². The second kappa shape index (κ2) is 8.57. The van der Waals surface area contributed by atoms with E-state index in [1.807, 2.05) is 33.8 Å². The summed E-state index contributed by atoms with van der Waals surface area (Å²) in [6.07, 6.45) is -2.19. The first kappa shape index (κ1) is 24.4. The molecule has 5 nitrogen and oxygen atoms in total. The Morgan fingerprint density at radius 3 is 2.42 bits per heavy atom. The maximum absolute atomic E-state index is 13.1. The van der Waals surface area contributed by atoms with Crippen LogP contribution in [0.4, 0.5) is 18.9 Å². The van der Waals surface area contributed by atoms with Crippen molar-refractivity contribution in [1.29, 1.82) is 0 Å². The van der Waals surface area contributed by atoms with Crippen LogP contribution < -0.4 is 9.64 Å². The van der Waals surface area contributed by atoms with E-state index in [0.717, 1.165) is 17.7 Å². The fourth-order valence-electron chi connectivity index (χ4n) is 4.16. The molecular weight excluding hydrogens is 435 g/mol. The summed E-state index contributed by atoms with van der Waals surface area (Å²) in [5, 5.41) is 8.90. The van der Waals surface area contributed by atoms with Crippen molar-refractivity contribution in [2.24, 2.45) is 5.41 Å². The van der Waals surface area contributed by atoms with Gasteiger partial charge in [0.05, 0.1) is 0 Å². The molecule has 0 saturated heterocycles. The van der Waals surface area contributed by atoms with E-state index in [0.29, 0.717) is 28.8 Å². The maximum Gasteiger partial charge on any atom is 0.573 e. The molecule has 176 valence electrons. The highest BCUT2D eigenvalue weighted by molar-refractivity contribution is 6.01. The van der Waals surface area contributed by atoms with E-state index in [1.165, 1.54) is 18.2 Å². The molecule has 1 aliphatic heterocycles. The van der Waals surface area contributed by atoms with Crippen LogP contribution in [0, 0.1) is 12.3 Å². The van der Waals surface area contributed by atoms with E-state index in [1.54, 1.807) is 17.9 Å². The number of nitrogens with zero attached hydrogens (tertiary/aromatic N) is 1. The fourth-order valence-corrected chi connectivity index (χ4v) is 4.16. The third-order valence-electron chi connectivity index (χ3n) is 5.57. The topological polar surface area (TPSA) is 66.8 Å². The molecule has 3 rings (SSSR count). The van der Waals surface area contributed by atoms with Gasteiger partial charge in [0, 0.05) is 28.8 Å². The number of alkyl halides is 3. The average Bonchev–Trinajstić information content (AvgIpc) is 2.66. The summed E-state index contributed by atoms with van der Waals surface area (Å²) in [4.78, 5) is 25.7. The average molecular weight is 461 g/mol. The van der Waals surface area contributed by atoms with Gasteiger partial charge in [-0.05, 0) is 73.7 Å². The summed E-state index contributed by atoms with van der Waals surface area (Å²) in [5.41, 5.74) is 2.73. The number of carbonyl (C=O) groups excluding carboxylic acids is 1. The van der Waals surface area contributed by atoms with Crippen molar-refractivity contribution in [2.45, 2.75) is 53.4 Å². The van der Waals surface area contributed by atoms with Crippen LogP contribution in [0.15, 0.2) is 36.4 Å². The largest absolute Gasteiger partial charge is 0.573 e. The molecule has 8 heteroatoms. The Morgan fingerprint density at radius 1 is 1.18 bits per heavy atom. The van der Waals surface area contributed by atoms with Crippen molar-refractivity contribution < 1.29 is 32.6 Å². The van der Waals surface area contributed by atoms with Crippen LogP contribution in [-0.4, -0.2) is 29.4 Å². The van der Waals surface area contributed by atoms with Crippen LogP contribution in [0.5, 0.6) is 5.75 Å². The van der Waals surface area contributed by atoms with Crippen molar-refractivity contribution >= 4 is 23.6 Å². The molecular formula is C25H26F3NO4. The van der Waals surface area contributed by atoms with Gasteiger partial charge in [-0.15, -0.1) is 13.2 Å². The Bertz CT molecular complexity index is 1130. The Balaban J connectivity index is 2.24. The van der Waals surface area contributed by atoms with Gasteiger partial charge >= 0.3 is 12.3 Å². The van der Waals surface area contributed by atoms with E-state index in [2.05, 4.69) is 4.74 Å². The van der Waals surface area contributed by atoms with Crippen molar-refractivity contribution in [3.8, 4) is 16.9 Å². The number of hydrogen-bond acceptors (Lipinski definition) is 3. The highest BCUT2D eigenvalue weighted by Crippen LogP contribution is 2.44. The van der Waals surface area contributed by atoms with E-state index in [4.69, 9.17) is 5.11 Å². The number of hydrogen-bond donors (Lipinski definition) is 1. The lowest BCUT2D eigenvalue weighted by Gasteiger charge is -2.41. The van der Waals surface area contributed by atoms with Gasteiger partial charge < -0.3 is 14.7 Å². The summed E-state index contributed by atoms with van der Waals surface area (Å²) in [7, 11) is 0. The molecule has 0 aromatic heterocycles. The number of carboxylic acids is 1. The molecule has 33 heavy (non-hydrogen) atoms. The third kappa shape index (κ3) is 5.21. The molecule has 1 amide bonds. The standard InChI is InChI=1S/C25H26F3NO4/c1-14(2)29-20-12-18(15(3)10-17(20)13-24(4,5)23(29)32)19-11-16(7-9-22(30)31)6-8-21(19)33-25(26,27)28/h6-12,14H,13H2,1-5H3,(H,30,31)/b9-7+. The molecule has 0 spiro atoms. The zero-order valence-electron chi connectivity index (χ0n) is 19.1. The van der Waals surface area contributed by atoms with Crippen molar-refractivity contribution in [1.82, 2.24) is 0 Å². The van der Waals surface area contributed by atoms with Crippen LogP contribution in [0.25, 0.3) is 17.2 Å². The molecule has 0 saturated carbocycles. The van der Waals surface area contributed by atoms with Gasteiger partial charge in [0.15, 0.2) is 0 Å². The first-order chi connectivity index (χ1) is 15.2. The highest BCUT2D eigenvalue weighted by Gasteiger charge is 2.40. The summed E-state index contributed by atoms with van der Waals surface area (Å²) < 4.78 is 43.6. The van der Waals surface area contributed by atoms with Gasteiger partial charge in [-0.3, -0.25) is 4.79 Å². The Morgan fingerprint density at radius 2 is 1.85 bits per heavy atom. The number of carboxylic acid groups (broad SMARTS) is 1. The number of benzene rings is 2. The van der Waals surface area contributed by atoms with E-state index >= 15 is 0 Å². The van der Waals surface area contributed by atoms with Crippen LogP contribution >= 0.6 is 0 Å². The lowest BCUT2D eigenvalue weighted by atomic mass is 9.78. The SMILES string of the molecule is Cc1cc2c(cc1-c1cc(/C=C/C(=O)O)ccc1OC(F)(F)F)N(C(C)C)C(=O)C(C)(C)C2. The van der Waals surface area contributed by atoms with Gasteiger partial charge in [0.25, 0.3) is 0 Å². The normalized spacial score (nSPS) is 15.8. The summed E-state index contributed by atoms with van der Waals surface area (Å²) >= 11 is 0. The molecule has 2 aromatic rings. The molecule has 1 heterocycles. The van der Waals surface area contributed by atoms with Crippen LogP contribution in [0.2, 0.25) is 0 Å². The number of amides is 1. The molecule has 0 unspecified atom stereocenters. The number of rotatable bonds is 5. The number of carbonyl (C=O) groups is 2. The zero-order chi connectivity index (χ0) is 24.7. The molecule has 1 N–H and O–H groups in total. The Labute approximate surface area is 190 Å². The Hall–Kier alpha value is -3.29. The molecule has 0 atom stereocenters. The summed E-state index contributed by atoms with van der Waals surface area (Å²) in [5.74, 6) is -1.63. The van der Waals surface area contributed by atoms with Crippen molar-refractivity contribution in [2.75, 3.05) is 4.90 Å². The van der Waals surface area contributed by atoms with Crippen molar-refractivity contribution in [3.05, 3.63) is 53.1 Å². The number of ether oxygens (including phenoxy) is 1. The van der Waals surface area contributed by atoms with Crippen LogP contribution in [-0.2, 0) is 16.0 Å². The first-order valence-electron chi connectivity index (χ1n) is 10.5. The lowest BCUT2D eigenvalue weighted by Crippen LogP contribution is -2.49. The highest BCUT2D eigenvalue weighted by atomic mass is 19.4. The minimum atomic E-state index is -4.90. The molecule has 0 radical (unpaired) electrons. The minimum Gasteiger partial charge on any atom is -0.478 e. The first-order valence-corrected chi connectivity index (χ1v) is 10.5. The fraction of sp³-hybridized carbons (Fsp3) is 0.360. The zero-order valence-corrected chi connectivity index (χ0v) is 19.1. The monoisotopic (exact) mass is 461 g/mol. The number of anilines is 1. The molecule has 0 aliphatic carbocycles. The number of fused-ring (bicyclic) bond motifs is 1. The van der Waals surface area contributed by atoms with Gasteiger partial charge in [-0.2, -0.15) is 0 Å². The van der Waals surface area contributed by atoms with Gasteiger partial charge in [-0.25, -0.2) is 4.79 Å². The van der Waals surface area contributed by atoms with Gasteiger partial charge in [0.2, 0.25) is 5.91 Å². The molecule has 0 fully saturated rings. The number of halogens is 3. The van der Waals surface area contributed by atoms with E-state index in [9.17, 15) is 22.8 Å². The van der Waals surface area contributed by atoms with Crippen molar-refractivity contribution in [3.63, 3.8) is 0 Å². The summed E-state index contributed by atoms with van der Waals surface area (Å²) in [6.45, 7) is 9.32. The Kier molecular flexibility index (Phi) is 6.33. The second-order valence-corrected chi connectivity index (χ2v) is 9.10.